The summed E-state index contributed by atoms with van der Waals surface area (Å²) in [6, 6.07) is 7.94. The van der Waals surface area contributed by atoms with Gasteiger partial charge in [0.15, 0.2) is 0 Å². The molecule has 0 spiro atoms. The zero-order valence-corrected chi connectivity index (χ0v) is 10.5. The van der Waals surface area contributed by atoms with Gasteiger partial charge in [-0.3, -0.25) is 4.79 Å². The van der Waals surface area contributed by atoms with Crippen molar-refractivity contribution in [1.29, 1.82) is 0 Å². The van der Waals surface area contributed by atoms with Gasteiger partial charge in [-0.2, -0.15) is 0 Å². The van der Waals surface area contributed by atoms with Crippen LogP contribution in [0.1, 0.15) is 29.3 Å². The zero-order valence-electron chi connectivity index (χ0n) is 10.5. The fraction of sp³-hybridized carbons (Fsp3) is 0.500. The van der Waals surface area contributed by atoms with Crippen molar-refractivity contribution in [2.75, 3.05) is 20.2 Å². The van der Waals surface area contributed by atoms with E-state index < -0.39 is 0 Å². The number of aryl methyl sites for hydroxylation is 1. The van der Waals surface area contributed by atoms with Gasteiger partial charge in [0.25, 0.3) is 5.91 Å². The molecule has 92 valence electrons. The summed E-state index contributed by atoms with van der Waals surface area (Å²) in [5.74, 6) is 0.122. The van der Waals surface area contributed by atoms with Crippen LogP contribution in [0.15, 0.2) is 24.3 Å². The molecule has 17 heavy (non-hydrogen) atoms. The van der Waals surface area contributed by atoms with Crippen molar-refractivity contribution in [2.45, 2.75) is 25.9 Å². The fourth-order valence-electron chi connectivity index (χ4n) is 2.08. The average Bonchev–Trinajstić information content (AvgIpc) is 2.28. The Morgan fingerprint density at radius 3 is 2.88 bits per heavy atom. The fourth-order valence-corrected chi connectivity index (χ4v) is 2.08. The first-order chi connectivity index (χ1) is 8.24. The van der Waals surface area contributed by atoms with Crippen LogP contribution in [0.2, 0.25) is 0 Å². The normalized spacial score (nSPS) is 15.8. The summed E-state index contributed by atoms with van der Waals surface area (Å²) in [6.45, 7) is 3.58. The van der Waals surface area contributed by atoms with E-state index in [0.29, 0.717) is 13.1 Å². The number of benzene rings is 1. The number of likely N-dealkylation sites (tertiary alicyclic amines) is 1. The summed E-state index contributed by atoms with van der Waals surface area (Å²) in [6.07, 6.45) is 2.35. The molecule has 2 rings (SSSR count). The summed E-state index contributed by atoms with van der Waals surface area (Å²) in [7, 11) is 1.69. The number of carbonyl (C=O) groups is 1. The van der Waals surface area contributed by atoms with Gasteiger partial charge in [-0.1, -0.05) is 25.5 Å². The lowest BCUT2D eigenvalue weighted by Gasteiger charge is -2.38. The van der Waals surface area contributed by atoms with Crippen LogP contribution in [0.5, 0.6) is 0 Å². The van der Waals surface area contributed by atoms with Gasteiger partial charge in [0.05, 0.1) is 6.10 Å². The van der Waals surface area contributed by atoms with Gasteiger partial charge in [-0.15, -0.1) is 0 Å². The second-order valence-corrected chi connectivity index (χ2v) is 4.52. The first-order valence-electron chi connectivity index (χ1n) is 6.15. The van der Waals surface area contributed by atoms with Crippen molar-refractivity contribution in [1.82, 2.24) is 4.90 Å². The first kappa shape index (κ1) is 12.1. The maximum absolute atomic E-state index is 12.1. The van der Waals surface area contributed by atoms with Crippen LogP contribution in [-0.4, -0.2) is 37.1 Å². The molecular formula is C14H19NO2. The van der Waals surface area contributed by atoms with Crippen molar-refractivity contribution in [3.63, 3.8) is 0 Å². The van der Waals surface area contributed by atoms with E-state index in [2.05, 4.69) is 13.0 Å². The highest BCUT2D eigenvalue weighted by molar-refractivity contribution is 5.95. The molecule has 0 saturated carbocycles. The third-order valence-corrected chi connectivity index (χ3v) is 3.18. The second-order valence-electron chi connectivity index (χ2n) is 4.52. The van der Waals surface area contributed by atoms with E-state index in [1.54, 1.807) is 7.11 Å². The number of hydrogen-bond acceptors (Lipinski definition) is 2. The molecule has 1 fully saturated rings. The third kappa shape index (κ3) is 2.67. The maximum Gasteiger partial charge on any atom is 0.254 e. The monoisotopic (exact) mass is 233 g/mol. The topological polar surface area (TPSA) is 29.5 Å². The smallest absolute Gasteiger partial charge is 0.254 e. The van der Waals surface area contributed by atoms with Crippen molar-refractivity contribution < 1.29 is 9.53 Å². The molecule has 1 amide bonds. The van der Waals surface area contributed by atoms with Crippen LogP contribution < -0.4 is 0 Å². The molecule has 0 aliphatic carbocycles. The quantitative estimate of drug-likeness (QED) is 0.797. The second kappa shape index (κ2) is 5.32. The van der Waals surface area contributed by atoms with Crippen LogP contribution in [0, 0.1) is 0 Å². The number of nitrogens with zero attached hydrogens (tertiary/aromatic N) is 1. The molecule has 3 heteroatoms. The van der Waals surface area contributed by atoms with Crippen LogP contribution >= 0.6 is 0 Å². The van der Waals surface area contributed by atoms with Gasteiger partial charge in [0.1, 0.15) is 0 Å². The van der Waals surface area contributed by atoms with Crippen molar-refractivity contribution in [2.24, 2.45) is 0 Å². The molecule has 0 radical (unpaired) electrons. The van der Waals surface area contributed by atoms with Crippen LogP contribution in [0.25, 0.3) is 0 Å². The van der Waals surface area contributed by atoms with Crippen molar-refractivity contribution in [3.8, 4) is 0 Å². The molecule has 1 saturated heterocycles. The summed E-state index contributed by atoms with van der Waals surface area (Å²) in [5.41, 5.74) is 2.03. The largest absolute Gasteiger partial charge is 0.378 e. The van der Waals surface area contributed by atoms with Crippen molar-refractivity contribution in [3.05, 3.63) is 35.4 Å². The Morgan fingerprint density at radius 2 is 2.24 bits per heavy atom. The van der Waals surface area contributed by atoms with E-state index in [1.807, 2.05) is 23.1 Å². The molecule has 3 nitrogen and oxygen atoms in total. The highest BCUT2D eigenvalue weighted by atomic mass is 16.5. The molecule has 0 unspecified atom stereocenters. The predicted molar refractivity (Wildman–Crippen MR) is 67.1 cm³/mol. The SMILES string of the molecule is CCCc1cccc(C(=O)N2CC(OC)C2)c1. The number of amides is 1. The van der Waals surface area contributed by atoms with Gasteiger partial charge in [-0.05, 0) is 24.1 Å². The van der Waals surface area contributed by atoms with E-state index in [-0.39, 0.29) is 12.0 Å². The molecule has 1 aliphatic heterocycles. The minimum atomic E-state index is 0.122. The number of carbonyl (C=O) groups excluding carboxylic acids is 1. The number of ether oxygens (including phenoxy) is 1. The van der Waals surface area contributed by atoms with Gasteiger partial charge in [0.2, 0.25) is 0 Å². The highest BCUT2D eigenvalue weighted by Gasteiger charge is 2.30. The Hall–Kier alpha value is -1.35. The van der Waals surface area contributed by atoms with Crippen LogP contribution in [0.3, 0.4) is 0 Å². The standard InChI is InChI=1S/C14H19NO2/c1-3-5-11-6-4-7-12(8-11)14(16)15-9-13(10-15)17-2/h4,6-8,13H,3,5,9-10H2,1-2H3. The van der Waals surface area contributed by atoms with Gasteiger partial charge in [0, 0.05) is 25.8 Å². The lowest BCUT2D eigenvalue weighted by Crippen LogP contribution is -2.54. The van der Waals surface area contributed by atoms with E-state index in [0.717, 1.165) is 18.4 Å². The van der Waals surface area contributed by atoms with E-state index >= 15 is 0 Å². The maximum atomic E-state index is 12.1. The lowest BCUT2D eigenvalue weighted by atomic mass is 10.0. The van der Waals surface area contributed by atoms with Crippen molar-refractivity contribution >= 4 is 5.91 Å². The van der Waals surface area contributed by atoms with Gasteiger partial charge in [-0.25, -0.2) is 0 Å². The van der Waals surface area contributed by atoms with Gasteiger partial charge < -0.3 is 9.64 Å². The zero-order chi connectivity index (χ0) is 12.3. The van der Waals surface area contributed by atoms with E-state index in [4.69, 9.17) is 4.74 Å². The van der Waals surface area contributed by atoms with Crippen LogP contribution in [0.4, 0.5) is 0 Å². The Bertz CT molecular complexity index is 397. The number of rotatable bonds is 4. The molecule has 0 atom stereocenters. The van der Waals surface area contributed by atoms with Crippen LogP contribution in [-0.2, 0) is 11.2 Å². The summed E-state index contributed by atoms with van der Waals surface area (Å²) < 4.78 is 5.17. The highest BCUT2D eigenvalue weighted by Crippen LogP contribution is 2.16. The Kier molecular flexibility index (Phi) is 3.79. The predicted octanol–water partition coefficient (Wildman–Crippen LogP) is 2.11. The Morgan fingerprint density at radius 1 is 1.47 bits per heavy atom. The Labute approximate surface area is 102 Å². The lowest BCUT2D eigenvalue weighted by molar-refractivity contribution is -0.0192. The molecule has 0 bridgehead atoms. The van der Waals surface area contributed by atoms with Gasteiger partial charge >= 0.3 is 0 Å². The minimum absolute atomic E-state index is 0.122. The Balaban J connectivity index is 2.02. The molecule has 0 aromatic heterocycles. The summed E-state index contributed by atoms with van der Waals surface area (Å²) in [4.78, 5) is 13.9. The van der Waals surface area contributed by atoms with E-state index in [1.165, 1.54) is 5.56 Å². The molecule has 1 aliphatic rings. The molecule has 1 aromatic rings. The first-order valence-corrected chi connectivity index (χ1v) is 6.15. The minimum Gasteiger partial charge on any atom is -0.378 e. The molecule has 0 N–H and O–H groups in total. The average molecular weight is 233 g/mol. The number of hydrogen-bond donors (Lipinski definition) is 0. The molecule has 1 aromatic carbocycles. The molecular weight excluding hydrogens is 214 g/mol. The number of methoxy groups -OCH3 is 1. The third-order valence-electron chi connectivity index (χ3n) is 3.18. The molecule has 1 heterocycles. The van der Waals surface area contributed by atoms with E-state index in [9.17, 15) is 4.79 Å². The summed E-state index contributed by atoms with van der Waals surface area (Å²) >= 11 is 0. The summed E-state index contributed by atoms with van der Waals surface area (Å²) in [5, 5.41) is 0.